The lowest BCUT2D eigenvalue weighted by Gasteiger charge is -2.10. The molecule has 1 amide bonds. The number of halogens is 2. The fraction of sp³-hybridized carbons (Fsp3) is 0.125. The van der Waals surface area contributed by atoms with E-state index in [2.05, 4.69) is 25.8 Å². The number of amides is 1. The summed E-state index contributed by atoms with van der Waals surface area (Å²) in [6.45, 7) is 1.89. The maximum absolute atomic E-state index is 14.1. The first-order valence-electron chi connectivity index (χ1n) is 7.50. The lowest BCUT2D eigenvalue weighted by Crippen LogP contribution is -2.13. The van der Waals surface area contributed by atoms with Gasteiger partial charge < -0.3 is 14.5 Å². The Morgan fingerprint density at radius 3 is 2.92 bits per heavy atom. The molecule has 0 bridgehead atoms. The minimum absolute atomic E-state index is 0.110. The van der Waals surface area contributed by atoms with E-state index in [1.165, 1.54) is 18.5 Å². The van der Waals surface area contributed by atoms with E-state index in [1.54, 1.807) is 25.1 Å². The third kappa shape index (κ3) is 4.25. The molecule has 0 aliphatic carbocycles. The summed E-state index contributed by atoms with van der Waals surface area (Å²) in [4.78, 5) is 15.4. The monoisotopic (exact) mass is 469 g/mol. The molecule has 0 fully saturated rings. The highest BCUT2D eigenvalue weighted by molar-refractivity contribution is 14.1. The molecule has 3 aromatic rings. The minimum atomic E-state index is -0.697. The zero-order valence-electron chi connectivity index (χ0n) is 13.5. The van der Waals surface area contributed by atoms with Crippen molar-refractivity contribution in [3.05, 3.63) is 46.0 Å². The molecule has 0 spiro atoms. The summed E-state index contributed by atoms with van der Waals surface area (Å²) < 4.78 is 25.0. The van der Waals surface area contributed by atoms with Gasteiger partial charge in [0, 0.05) is 9.77 Å². The van der Waals surface area contributed by atoms with E-state index in [1.807, 2.05) is 22.6 Å². The highest BCUT2D eigenvalue weighted by Gasteiger charge is 2.16. The lowest BCUT2D eigenvalue weighted by atomic mass is 10.2. The first kappa shape index (κ1) is 18.0. The summed E-state index contributed by atoms with van der Waals surface area (Å²) >= 11 is 2.03. The van der Waals surface area contributed by atoms with Gasteiger partial charge in [0.15, 0.2) is 0 Å². The van der Waals surface area contributed by atoms with Crippen LogP contribution < -0.4 is 10.6 Å². The Morgan fingerprint density at radius 2 is 2.15 bits per heavy atom. The van der Waals surface area contributed by atoms with Gasteiger partial charge in [0.2, 0.25) is 0 Å². The molecule has 2 aromatic heterocycles. The predicted molar refractivity (Wildman–Crippen MR) is 101 cm³/mol. The van der Waals surface area contributed by atoms with Crippen LogP contribution in [0, 0.1) is 9.39 Å². The molecule has 0 saturated heterocycles. The van der Waals surface area contributed by atoms with Crippen LogP contribution in [0.4, 0.5) is 26.6 Å². The Morgan fingerprint density at radius 1 is 1.31 bits per heavy atom. The second kappa shape index (κ2) is 8.08. The molecule has 8 nitrogen and oxygen atoms in total. The maximum atomic E-state index is 14.1. The molecule has 0 unspecified atom stereocenters. The number of nitrogens with zero attached hydrogens (tertiary/aromatic N) is 3. The molecule has 0 radical (unpaired) electrons. The number of ether oxygens (including phenoxy) is 1. The van der Waals surface area contributed by atoms with Gasteiger partial charge in [0.1, 0.15) is 5.82 Å². The molecule has 134 valence electrons. The quantitative estimate of drug-likeness (QED) is 0.541. The highest BCUT2D eigenvalue weighted by Crippen LogP contribution is 2.30. The van der Waals surface area contributed by atoms with Crippen molar-refractivity contribution >= 4 is 46.1 Å². The van der Waals surface area contributed by atoms with E-state index in [0.29, 0.717) is 11.3 Å². The van der Waals surface area contributed by atoms with Crippen molar-refractivity contribution in [2.24, 2.45) is 0 Å². The number of aromatic nitrogens is 3. The average molecular weight is 469 g/mol. The van der Waals surface area contributed by atoms with Crippen LogP contribution in [0.15, 0.2) is 41.1 Å². The first-order chi connectivity index (χ1) is 12.6. The van der Waals surface area contributed by atoms with Crippen LogP contribution in [-0.4, -0.2) is 27.9 Å². The molecule has 2 heterocycles. The smallest absolute Gasteiger partial charge is 0.415 e. The summed E-state index contributed by atoms with van der Waals surface area (Å²) in [6, 6.07) is 6.33. The van der Waals surface area contributed by atoms with Gasteiger partial charge in [-0.15, -0.1) is 5.10 Å². The summed E-state index contributed by atoms with van der Waals surface area (Å²) in [5.74, 6) is -0.269. The molecule has 2 N–H and O–H groups in total. The molecule has 0 atom stereocenters. The van der Waals surface area contributed by atoms with Crippen molar-refractivity contribution in [3.8, 4) is 11.5 Å². The molecule has 10 heteroatoms. The zero-order chi connectivity index (χ0) is 18.5. The summed E-state index contributed by atoms with van der Waals surface area (Å²) in [6.07, 6.45) is 2.35. The molecule has 0 aliphatic rings. The van der Waals surface area contributed by atoms with E-state index in [9.17, 15) is 9.18 Å². The Labute approximate surface area is 161 Å². The molecular formula is C16H13FIN5O3. The van der Waals surface area contributed by atoms with Crippen LogP contribution in [0.2, 0.25) is 0 Å². The number of nitrogens with one attached hydrogen (secondary N) is 2. The number of anilines is 3. The van der Waals surface area contributed by atoms with E-state index in [0.717, 1.165) is 3.57 Å². The zero-order valence-corrected chi connectivity index (χ0v) is 15.7. The number of hydrogen-bond acceptors (Lipinski definition) is 7. The third-order valence-electron chi connectivity index (χ3n) is 3.16. The van der Waals surface area contributed by atoms with Crippen molar-refractivity contribution in [2.45, 2.75) is 6.92 Å². The SMILES string of the molecule is CCOC(=O)Nc1nnc(-c2ccncc2Nc2ccc(I)cc2F)o1. The number of carbonyl (C=O) groups excluding carboxylic acids is 1. The Balaban J connectivity index is 1.85. The number of carbonyl (C=O) groups is 1. The van der Waals surface area contributed by atoms with Crippen LogP contribution in [-0.2, 0) is 4.74 Å². The van der Waals surface area contributed by atoms with Crippen LogP contribution in [0.1, 0.15) is 6.92 Å². The van der Waals surface area contributed by atoms with E-state index in [-0.39, 0.29) is 24.2 Å². The van der Waals surface area contributed by atoms with Gasteiger partial charge in [-0.25, -0.2) is 14.5 Å². The van der Waals surface area contributed by atoms with Crippen LogP contribution in [0.3, 0.4) is 0 Å². The van der Waals surface area contributed by atoms with Gasteiger partial charge >= 0.3 is 12.1 Å². The van der Waals surface area contributed by atoms with E-state index in [4.69, 9.17) is 9.15 Å². The van der Waals surface area contributed by atoms with E-state index >= 15 is 0 Å². The van der Waals surface area contributed by atoms with Crippen molar-refractivity contribution in [1.29, 1.82) is 0 Å². The predicted octanol–water partition coefficient (Wildman–Crippen LogP) is 4.19. The third-order valence-corrected chi connectivity index (χ3v) is 3.83. The first-order valence-corrected chi connectivity index (χ1v) is 8.58. The van der Waals surface area contributed by atoms with Crippen molar-refractivity contribution < 1.29 is 18.3 Å². The normalized spacial score (nSPS) is 10.4. The van der Waals surface area contributed by atoms with Crippen molar-refractivity contribution in [2.75, 3.05) is 17.2 Å². The van der Waals surface area contributed by atoms with Crippen molar-refractivity contribution in [3.63, 3.8) is 0 Å². The molecule has 0 aliphatic heterocycles. The Bertz CT molecular complexity index is 934. The topological polar surface area (TPSA) is 102 Å². The molecule has 1 aromatic carbocycles. The van der Waals surface area contributed by atoms with Gasteiger partial charge in [0.25, 0.3) is 5.89 Å². The summed E-state index contributed by atoms with van der Waals surface area (Å²) in [5, 5.41) is 12.9. The largest absolute Gasteiger partial charge is 0.450 e. The molecular weight excluding hydrogens is 456 g/mol. The van der Waals surface area contributed by atoms with E-state index < -0.39 is 11.9 Å². The standard InChI is InChI=1S/C16H13FIN5O3/c1-2-25-16(24)21-15-23-22-14(26-15)10-5-6-19-8-13(10)20-12-4-3-9(18)7-11(12)17/h3-8,20H,2H2,1H3,(H,21,23,24). The van der Waals surface area contributed by atoms with Crippen LogP contribution in [0.5, 0.6) is 0 Å². The van der Waals surface area contributed by atoms with Gasteiger partial charge in [0.05, 0.1) is 29.7 Å². The Hall–Kier alpha value is -2.76. The van der Waals surface area contributed by atoms with Gasteiger partial charge in [-0.3, -0.25) is 4.98 Å². The van der Waals surface area contributed by atoms with Gasteiger partial charge in [-0.2, -0.15) is 0 Å². The maximum Gasteiger partial charge on any atom is 0.415 e. The number of pyridine rings is 1. The fourth-order valence-corrected chi connectivity index (χ4v) is 2.51. The summed E-state index contributed by atoms with van der Waals surface area (Å²) in [5.41, 5.74) is 1.25. The molecule has 0 saturated carbocycles. The number of benzene rings is 1. The van der Waals surface area contributed by atoms with Crippen LogP contribution >= 0.6 is 22.6 Å². The highest BCUT2D eigenvalue weighted by atomic mass is 127. The summed E-state index contributed by atoms with van der Waals surface area (Å²) in [7, 11) is 0. The average Bonchev–Trinajstić information content (AvgIpc) is 3.06. The van der Waals surface area contributed by atoms with Crippen LogP contribution in [0.25, 0.3) is 11.5 Å². The number of hydrogen-bond donors (Lipinski definition) is 2. The fourth-order valence-electron chi connectivity index (χ4n) is 2.05. The lowest BCUT2D eigenvalue weighted by molar-refractivity contribution is 0.167. The molecule has 3 rings (SSSR count). The second-order valence-electron chi connectivity index (χ2n) is 4.93. The van der Waals surface area contributed by atoms with Crippen molar-refractivity contribution in [1.82, 2.24) is 15.2 Å². The molecule has 26 heavy (non-hydrogen) atoms. The number of rotatable bonds is 5. The minimum Gasteiger partial charge on any atom is -0.450 e. The van der Waals surface area contributed by atoms with Gasteiger partial charge in [-0.1, -0.05) is 5.10 Å². The Kier molecular flexibility index (Phi) is 5.61. The second-order valence-corrected chi connectivity index (χ2v) is 6.17. The van der Waals surface area contributed by atoms with Gasteiger partial charge in [-0.05, 0) is 53.8 Å².